The van der Waals surface area contributed by atoms with Crippen LogP contribution in [0.2, 0.25) is 5.02 Å². The molecule has 40 heavy (non-hydrogen) atoms. The van der Waals surface area contributed by atoms with E-state index in [0.29, 0.717) is 4.57 Å². The van der Waals surface area contributed by atoms with Crippen LogP contribution in [0.3, 0.4) is 0 Å². The molecule has 1 fully saturated rings. The molecular formula is C15H19ClN2O18P4. The lowest BCUT2D eigenvalue weighted by atomic mass is 10.1. The Labute approximate surface area is 226 Å². The van der Waals surface area contributed by atoms with Gasteiger partial charge in [0.15, 0.2) is 6.23 Å². The van der Waals surface area contributed by atoms with Crippen molar-refractivity contribution < 1.29 is 74.8 Å². The van der Waals surface area contributed by atoms with Crippen LogP contribution in [0, 0.1) is 0 Å². The highest BCUT2D eigenvalue weighted by atomic mass is 35.5. The van der Waals surface area contributed by atoms with Crippen LogP contribution in [-0.4, -0.2) is 64.3 Å². The topological polar surface area (TPSA) is 300 Å². The number of rotatable bonds is 12. The van der Waals surface area contributed by atoms with Crippen molar-refractivity contribution in [2.24, 2.45) is 0 Å². The molecule has 1 aliphatic heterocycles. The van der Waals surface area contributed by atoms with Crippen LogP contribution in [0.25, 0.3) is 0 Å². The molecule has 1 aromatic heterocycles. The Bertz CT molecular complexity index is 1530. The van der Waals surface area contributed by atoms with Crippen molar-refractivity contribution in [3.8, 4) is 5.75 Å². The molecule has 2 heterocycles. The lowest BCUT2D eigenvalue weighted by Crippen LogP contribution is -2.37. The maximum Gasteiger partial charge on any atom is 0.536 e. The monoisotopic (exact) mass is 674 g/mol. The number of hydrogen-bond donors (Lipinski definition) is 7. The summed E-state index contributed by atoms with van der Waals surface area (Å²) in [5.74, 6) is -0.388. The summed E-state index contributed by atoms with van der Waals surface area (Å²) in [4.78, 5) is 63.5. The SMILES string of the molecule is O=c1ccn([C@@H]2O[C@H](COP(=O)(O)OP(=O)(O)OP(=O)(O)OP(=O)(O)Oc3ccc(Cl)cc3)[C@@H](O)[C@H]2O)c(=O)[nH]1. The maximum atomic E-state index is 12.1. The number of phosphoric ester groups is 2. The van der Waals surface area contributed by atoms with Gasteiger partial charge in [-0.25, -0.2) is 23.1 Å². The van der Waals surface area contributed by atoms with Crippen LogP contribution < -0.4 is 15.8 Å². The van der Waals surface area contributed by atoms with Crippen molar-refractivity contribution in [1.82, 2.24) is 9.55 Å². The molecule has 0 saturated carbocycles. The Balaban J connectivity index is 1.59. The lowest BCUT2D eigenvalue weighted by molar-refractivity contribution is -0.0542. The van der Waals surface area contributed by atoms with Gasteiger partial charge in [-0.1, -0.05) is 11.6 Å². The van der Waals surface area contributed by atoms with Crippen LogP contribution in [0.4, 0.5) is 0 Å². The predicted octanol–water partition coefficient (Wildman–Crippen LogP) is 0.356. The molecule has 4 unspecified atom stereocenters. The normalized spacial score (nSPS) is 27.2. The van der Waals surface area contributed by atoms with E-state index >= 15 is 0 Å². The van der Waals surface area contributed by atoms with Crippen LogP contribution >= 0.6 is 42.9 Å². The van der Waals surface area contributed by atoms with Gasteiger partial charge in [-0.3, -0.25) is 23.8 Å². The molecular weight excluding hydrogens is 656 g/mol. The van der Waals surface area contributed by atoms with E-state index in [1.54, 1.807) is 0 Å². The first kappa shape index (κ1) is 33.0. The van der Waals surface area contributed by atoms with E-state index in [1.165, 1.54) is 12.1 Å². The van der Waals surface area contributed by atoms with Gasteiger partial charge in [0.1, 0.15) is 24.1 Å². The first-order valence-electron chi connectivity index (χ1n) is 10.2. The first-order valence-corrected chi connectivity index (χ1v) is 16.5. The fraction of sp³-hybridized carbons (Fsp3) is 0.333. The summed E-state index contributed by atoms with van der Waals surface area (Å²) in [6.45, 7) is -1.14. The molecule has 0 radical (unpaired) electrons. The van der Waals surface area contributed by atoms with Crippen LogP contribution in [0.1, 0.15) is 6.23 Å². The summed E-state index contributed by atoms with van der Waals surface area (Å²) < 4.78 is 74.1. The maximum absolute atomic E-state index is 12.1. The second-order valence-corrected chi connectivity index (χ2v) is 14.1. The van der Waals surface area contributed by atoms with Crippen LogP contribution in [0.15, 0.2) is 46.1 Å². The fourth-order valence-corrected chi connectivity index (χ4v) is 8.06. The van der Waals surface area contributed by atoms with Crippen molar-refractivity contribution in [2.75, 3.05) is 6.61 Å². The zero-order valence-electron chi connectivity index (χ0n) is 19.2. The molecule has 3 rings (SSSR count). The number of hydrogen-bond acceptors (Lipinski definition) is 14. The van der Waals surface area contributed by atoms with E-state index in [0.717, 1.165) is 24.4 Å². The molecule has 20 nitrogen and oxygen atoms in total. The first-order chi connectivity index (χ1) is 18.3. The number of benzene rings is 1. The van der Waals surface area contributed by atoms with Crippen molar-refractivity contribution >= 4 is 42.9 Å². The molecule has 0 bridgehead atoms. The predicted molar refractivity (Wildman–Crippen MR) is 128 cm³/mol. The minimum Gasteiger partial charge on any atom is -0.404 e. The molecule has 224 valence electrons. The van der Waals surface area contributed by atoms with Gasteiger partial charge in [-0.05, 0) is 24.3 Å². The number of halogens is 1. The summed E-state index contributed by atoms with van der Waals surface area (Å²) >= 11 is 5.63. The number of H-pyrrole nitrogens is 1. The Morgan fingerprint density at radius 2 is 1.40 bits per heavy atom. The zero-order chi connectivity index (χ0) is 30.1. The molecule has 0 amide bonds. The Hall–Kier alpha value is -1.53. The van der Waals surface area contributed by atoms with Crippen LogP contribution in [-0.2, 0) is 40.5 Å². The van der Waals surface area contributed by atoms with Crippen molar-refractivity contribution in [3.05, 3.63) is 62.4 Å². The van der Waals surface area contributed by atoms with Gasteiger partial charge < -0.3 is 34.2 Å². The molecule has 1 aliphatic rings. The van der Waals surface area contributed by atoms with E-state index in [2.05, 4.69) is 22.0 Å². The standard InChI is InChI=1S/C15H19ClN2O18P4/c16-8-1-3-9(4-2-8)33-38(25,26)35-40(29,30)36-39(27,28)34-37(23,24)31-7-10-12(20)13(21)14(32-10)18-6-5-11(19)17-15(18)22/h1-6,10,12-14,20-21H,7H2,(H,23,24)(H,25,26)(H,27,28)(H,29,30)(H,17,19,22)/t10-,12-,13-,14-/m1/s1. The Kier molecular flexibility index (Phi) is 10.2. The molecule has 8 atom stereocenters. The van der Waals surface area contributed by atoms with E-state index in [4.69, 9.17) is 16.3 Å². The third-order valence-electron chi connectivity index (χ3n) is 4.52. The third kappa shape index (κ3) is 9.24. The van der Waals surface area contributed by atoms with Gasteiger partial charge in [0.05, 0.1) is 6.61 Å². The Morgan fingerprint density at radius 1 is 0.850 bits per heavy atom. The van der Waals surface area contributed by atoms with Gasteiger partial charge >= 0.3 is 37.0 Å². The quantitative estimate of drug-likeness (QED) is 0.149. The van der Waals surface area contributed by atoms with E-state index in [9.17, 15) is 57.6 Å². The van der Waals surface area contributed by atoms with Crippen LogP contribution in [0.5, 0.6) is 5.75 Å². The molecule has 1 saturated heterocycles. The summed E-state index contributed by atoms with van der Waals surface area (Å²) in [6, 6.07) is 5.43. The van der Waals surface area contributed by atoms with Gasteiger partial charge in [-0.2, -0.15) is 12.9 Å². The van der Waals surface area contributed by atoms with Crippen molar-refractivity contribution in [3.63, 3.8) is 0 Å². The summed E-state index contributed by atoms with van der Waals surface area (Å²) in [5.41, 5.74) is -1.82. The average Bonchev–Trinajstić information content (AvgIpc) is 3.05. The number of aromatic amines is 1. The highest BCUT2D eigenvalue weighted by Gasteiger charge is 2.48. The second kappa shape index (κ2) is 12.4. The number of aliphatic hydroxyl groups excluding tert-OH is 2. The number of nitrogens with one attached hydrogen (secondary N) is 1. The van der Waals surface area contributed by atoms with Crippen molar-refractivity contribution in [1.29, 1.82) is 0 Å². The Morgan fingerprint density at radius 3 is 1.98 bits per heavy atom. The highest BCUT2D eigenvalue weighted by molar-refractivity contribution is 7.69. The van der Waals surface area contributed by atoms with Gasteiger partial charge in [0, 0.05) is 17.3 Å². The van der Waals surface area contributed by atoms with Crippen molar-refractivity contribution in [2.45, 2.75) is 24.5 Å². The lowest BCUT2D eigenvalue weighted by Gasteiger charge is -2.21. The fourth-order valence-electron chi connectivity index (χ4n) is 2.98. The number of aliphatic hydroxyl groups is 2. The largest absolute Gasteiger partial charge is 0.536 e. The molecule has 1 aromatic carbocycles. The minimum atomic E-state index is -6.08. The number of phosphoric acid groups is 4. The summed E-state index contributed by atoms with van der Waals surface area (Å²) in [5, 5.41) is 20.4. The number of aromatic nitrogens is 2. The van der Waals surface area contributed by atoms with E-state index < -0.39 is 73.7 Å². The summed E-state index contributed by atoms with van der Waals surface area (Å²) in [7, 11) is -23.3. The molecule has 2 aromatic rings. The smallest absolute Gasteiger partial charge is 0.404 e. The van der Waals surface area contributed by atoms with E-state index in [1.807, 2.05) is 4.98 Å². The minimum absolute atomic E-state index is 0.195. The van der Waals surface area contributed by atoms with E-state index in [-0.39, 0.29) is 10.8 Å². The molecule has 0 aliphatic carbocycles. The average molecular weight is 675 g/mol. The molecule has 25 heteroatoms. The summed E-state index contributed by atoms with van der Waals surface area (Å²) in [6.07, 6.45) is -6.05. The van der Waals surface area contributed by atoms with Gasteiger partial charge in [-0.15, -0.1) is 0 Å². The third-order valence-corrected chi connectivity index (χ3v) is 10.6. The van der Waals surface area contributed by atoms with Gasteiger partial charge in [0.2, 0.25) is 0 Å². The second-order valence-electron chi connectivity index (χ2n) is 7.52. The zero-order valence-corrected chi connectivity index (χ0v) is 23.5. The number of nitrogens with zero attached hydrogens (tertiary/aromatic N) is 1. The molecule has 0 spiro atoms. The molecule has 7 N–H and O–H groups in total. The number of ether oxygens (including phenoxy) is 1. The van der Waals surface area contributed by atoms with Gasteiger partial charge in [0.25, 0.3) is 5.56 Å². The highest BCUT2D eigenvalue weighted by Crippen LogP contribution is 2.71.